The molecule has 0 unspecified atom stereocenters. The highest BCUT2D eigenvalue weighted by Crippen LogP contribution is 2.33. The van der Waals surface area contributed by atoms with Gasteiger partial charge in [0.2, 0.25) is 0 Å². The minimum absolute atomic E-state index is 0.0407. The number of likely N-dealkylation sites (tertiary alicyclic amines) is 4. The van der Waals surface area contributed by atoms with Crippen molar-refractivity contribution in [2.24, 2.45) is 7.05 Å². The largest absolute Gasteiger partial charge is 0.395 e. The molecule has 4 saturated heterocycles. The third-order valence-corrected chi connectivity index (χ3v) is 23.1. The predicted molar refractivity (Wildman–Crippen MR) is 444 cm³/mol. The highest BCUT2D eigenvalue weighted by molar-refractivity contribution is 5.83. The van der Waals surface area contributed by atoms with Gasteiger partial charge in [-0.05, 0) is 211 Å². The molecule has 0 atom stereocenters. The summed E-state index contributed by atoms with van der Waals surface area (Å²) in [6.45, 7) is 18.4. The van der Waals surface area contributed by atoms with Crippen LogP contribution >= 0.6 is 0 Å². The second-order valence-electron chi connectivity index (χ2n) is 31.2. The fourth-order valence-corrected chi connectivity index (χ4v) is 16.6. The van der Waals surface area contributed by atoms with Crippen molar-refractivity contribution >= 4 is 50.4 Å². The number of aromatic nitrogens is 19. The van der Waals surface area contributed by atoms with Gasteiger partial charge in [0, 0.05) is 151 Å². The van der Waals surface area contributed by atoms with Crippen molar-refractivity contribution in [3.05, 3.63) is 259 Å². The van der Waals surface area contributed by atoms with E-state index in [1.807, 2.05) is 170 Å². The van der Waals surface area contributed by atoms with Crippen molar-refractivity contribution in [2.45, 2.75) is 103 Å². The molecule has 0 saturated carbocycles. The summed E-state index contributed by atoms with van der Waals surface area (Å²) in [5.41, 5.74) is 18.7. The Morgan fingerprint density at radius 1 is 0.365 bits per heavy atom. The van der Waals surface area contributed by atoms with Crippen LogP contribution < -0.4 is 22.2 Å². The molecule has 115 heavy (non-hydrogen) atoms. The SMILES string of the molecule is CCN1CCC(c2cn3c(=O)cc(-c4ccc5nc(C)cn5c4)nc3cn2)CC1.CN1CCC(c2ccc3nc(-c4ccc5nn(C)cc5c4)cc(=O)n3c2)CC1.Cc1cn2cc(-c3cc(=O)n4cc(C5CCN(C)CC5)ncc4n3)ccc2n1.Cc1cn2cc(-c3cc(=O)n4cc(C5CCN(CCO)CC5)ncc4n3)ccc2n1. The molecule has 16 aromatic rings. The lowest BCUT2D eigenvalue weighted by molar-refractivity contribution is 0.163. The van der Waals surface area contributed by atoms with Crippen molar-refractivity contribution < 1.29 is 5.11 Å². The monoisotopic (exact) mass is 1540 g/mol. The van der Waals surface area contributed by atoms with Gasteiger partial charge < -0.3 is 37.9 Å². The number of aliphatic hydroxyl groups is 1. The average molecular weight is 1540 g/mol. The summed E-state index contributed by atoms with van der Waals surface area (Å²) in [5.74, 6) is 1.64. The molecule has 586 valence electrons. The van der Waals surface area contributed by atoms with E-state index >= 15 is 0 Å². The number of β-amino-alcohol motifs (C(OH)–C–C–N with tert-alkyl or cyclic N) is 1. The highest BCUT2D eigenvalue weighted by Gasteiger charge is 2.26. The number of pyridine rings is 4. The number of aliphatic hydroxyl groups excluding tert-OH is 1. The van der Waals surface area contributed by atoms with E-state index in [2.05, 4.69) is 96.6 Å². The van der Waals surface area contributed by atoms with E-state index in [0.29, 0.717) is 75.6 Å². The number of aryl methyl sites for hydroxylation is 4. The van der Waals surface area contributed by atoms with Gasteiger partial charge in [0.05, 0.1) is 87.7 Å². The summed E-state index contributed by atoms with van der Waals surface area (Å²) < 4.78 is 14.2. The summed E-state index contributed by atoms with van der Waals surface area (Å²) >= 11 is 0. The molecule has 4 aliphatic rings. The van der Waals surface area contributed by atoms with E-state index in [1.165, 1.54) is 5.56 Å². The van der Waals surface area contributed by atoms with Crippen LogP contribution in [0.1, 0.15) is 122 Å². The van der Waals surface area contributed by atoms with Crippen LogP contribution in [0.4, 0.5) is 0 Å². The van der Waals surface area contributed by atoms with Gasteiger partial charge in [0.15, 0.2) is 16.9 Å². The van der Waals surface area contributed by atoms with Gasteiger partial charge in [0.25, 0.3) is 22.2 Å². The van der Waals surface area contributed by atoms with Crippen LogP contribution in [0.25, 0.3) is 95.5 Å². The van der Waals surface area contributed by atoms with Crippen molar-refractivity contribution in [2.75, 3.05) is 86.1 Å². The molecule has 0 amide bonds. The first-order valence-electron chi connectivity index (χ1n) is 39.8. The fourth-order valence-electron chi connectivity index (χ4n) is 16.6. The normalized spacial score (nSPS) is 16.1. The molecule has 0 spiro atoms. The Labute approximate surface area is 662 Å². The third kappa shape index (κ3) is 16.4. The Morgan fingerprint density at radius 3 is 1.15 bits per heavy atom. The molecule has 1 N–H and O–H groups in total. The van der Waals surface area contributed by atoms with Crippen LogP contribution in [0, 0.1) is 20.8 Å². The van der Waals surface area contributed by atoms with Crippen LogP contribution in [0.3, 0.4) is 0 Å². The van der Waals surface area contributed by atoms with E-state index in [-0.39, 0.29) is 28.8 Å². The highest BCUT2D eigenvalue weighted by atomic mass is 16.3. The molecule has 0 radical (unpaired) electrons. The molecule has 20 rings (SSSR count). The van der Waals surface area contributed by atoms with Gasteiger partial charge >= 0.3 is 0 Å². The summed E-state index contributed by atoms with van der Waals surface area (Å²) in [6.07, 6.45) is 34.9. The lowest BCUT2D eigenvalue weighted by Gasteiger charge is -2.31. The van der Waals surface area contributed by atoms with Crippen LogP contribution in [-0.2, 0) is 7.05 Å². The van der Waals surface area contributed by atoms with Gasteiger partial charge in [-0.3, -0.25) is 56.4 Å². The maximum absolute atomic E-state index is 12.9. The van der Waals surface area contributed by atoms with Gasteiger partial charge in [-0.15, -0.1) is 0 Å². The molecule has 19 heterocycles. The van der Waals surface area contributed by atoms with Crippen LogP contribution in [0.15, 0.2) is 197 Å². The van der Waals surface area contributed by atoms with Crippen molar-refractivity contribution in [1.82, 2.24) is 110 Å². The molecule has 1 aromatic carbocycles. The van der Waals surface area contributed by atoms with Gasteiger partial charge in [-0.2, -0.15) is 5.10 Å². The zero-order valence-corrected chi connectivity index (χ0v) is 65.9. The van der Waals surface area contributed by atoms with E-state index in [4.69, 9.17) is 10.1 Å². The Hall–Kier alpha value is -12.2. The Bertz CT molecular complexity index is 6360. The Kier molecular flexibility index (Phi) is 21.2. The van der Waals surface area contributed by atoms with Crippen molar-refractivity contribution in [1.29, 1.82) is 0 Å². The number of fused-ring (bicyclic) bond motifs is 8. The average Bonchev–Trinajstić information content (AvgIpc) is 1.68. The van der Waals surface area contributed by atoms with Crippen LogP contribution in [0.5, 0.6) is 0 Å². The smallest absolute Gasteiger partial charge is 0.258 e. The molecule has 15 aromatic heterocycles. The third-order valence-electron chi connectivity index (χ3n) is 23.1. The van der Waals surface area contributed by atoms with E-state index in [9.17, 15) is 19.2 Å². The van der Waals surface area contributed by atoms with Gasteiger partial charge in [-0.1, -0.05) is 19.1 Å². The lowest BCUT2D eigenvalue weighted by Crippen LogP contribution is -2.35. The number of piperidine rings is 4. The number of benzene rings is 1. The molecule has 0 aliphatic carbocycles. The second-order valence-corrected chi connectivity index (χ2v) is 31.2. The second kappa shape index (κ2) is 32.3. The molecule has 0 bridgehead atoms. The number of hydrogen-bond donors (Lipinski definition) is 1. The summed E-state index contributed by atoms with van der Waals surface area (Å²) in [4.78, 5) is 107. The first kappa shape index (κ1) is 75.5. The first-order valence-corrected chi connectivity index (χ1v) is 39.8. The first-order chi connectivity index (χ1) is 55.8. The van der Waals surface area contributed by atoms with Gasteiger partial charge in [-0.25, -0.2) is 34.9 Å². The van der Waals surface area contributed by atoms with Crippen LogP contribution in [-0.4, -0.2) is 201 Å². The summed E-state index contributed by atoms with van der Waals surface area (Å²) in [5, 5.41) is 14.5. The fraction of sp³-hybridized carbons (Fsp3) is 0.345. The molecule has 28 heteroatoms. The predicted octanol–water partition coefficient (Wildman–Crippen LogP) is 10.4. The van der Waals surface area contributed by atoms with E-state index in [1.54, 1.807) is 65.1 Å². The minimum Gasteiger partial charge on any atom is -0.395 e. The summed E-state index contributed by atoms with van der Waals surface area (Å²) in [7, 11) is 6.21. The molecule has 28 nitrogen and oxygen atoms in total. The quantitative estimate of drug-likeness (QED) is 0.126. The maximum atomic E-state index is 12.9. The molecular formula is C87H93N23O5. The Balaban J connectivity index is 0.000000111. The molecular weight excluding hydrogens is 1450 g/mol. The number of nitrogens with zero attached hydrogens (tertiary/aromatic N) is 23. The standard InChI is InChI=1S/C22H24N6O2.C22H24N6O.C22H23N5O.C21H22N6O/c1-15-12-27-13-17(2-3-20(27)24-15)18-10-22(30)28-14-19(23-11-21(28)25-18)16-4-6-26(7-5-16)8-9-29;1-3-26-8-6-16(7-9-26)19-14-28-21(11-23-19)25-18(10-22(28)29)17-4-5-20-24-15(2)12-27(20)13-17;1-25-9-7-15(8-10-25)17-4-6-21-23-20(12-22(28)27(21)14-17)16-3-5-19-18(11-16)13-26(2)24-19;1-14-11-26-12-16(3-4-19(26)23-14)17-9-21(28)27-13-18(22-10-20(27)24-17)15-5-7-25(2)8-6-15/h2-3,10-14,16,29H,4-9H2,1H3;4-5,10-14,16H,3,6-9H2,1-2H3;3-6,11-15H,7-10H2,1-2H3;3-4,9-13,15H,5-8H2,1-2H3. The zero-order chi connectivity index (χ0) is 79.1. The number of rotatable bonds is 11. The molecule has 4 aliphatic heterocycles. The maximum Gasteiger partial charge on any atom is 0.258 e. The Morgan fingerprint density at radius 2 is 0.730 bits per heavy atom. The van der Waals surface area contributed by atoms with Crippen molar-refractivity contribution in [3.63, 3.8) is 0 Å². The van der Waals surface area contributed by atoms with Crippen LogP contribution in [0.2, 0.25) is 0 Å². The topological polar surface area (TPSA) is 279 Å². The van der Waals surface area contributed by atoms with Crippen molar-refractivity contribution in [3.8, 4) is 45.0 Å². The zero-order valence-electron chi connectivity index (χ0n) is 65.9. The van der Waals surface area contributed by atoms with E-state index in [0.717, 1.165) is 195 Å². The van der Waals surface area contributed by atoms with E-state index < -0.39 is 0 Å². The molecule has 4 fully saturated rings. The summed E-state index contributed by atoms with van der Waals surface area (Å²) in [6, 6.07) is 28.1. The lowest BCUT2D eigenvalue weighted by atomic mass is 9.91. The minimum atomic E-state index is -0.113. The van der Waals surface area contributed by atoms with Gasteiger partial charge in [0.1, 0.15) is 22.6 Å². The number of imidazole rings is 3. The number of hydrogen-bond acceptors (Lipinski definition) is 20.